The fourth-order valence-electron chi connectivity index (χ4n) is 2.10. The number of nitrogens with zero attached hydrogens (tertiary/aromatic N) is 1. The minimum atomic E-state index is 0.272. The summed E-state index contributed by atoms with van der Waals surface area (Å²) in [5.41, 5.74) is 0.921. The molecule has 0 atom stereocenters. The first-order valence-electron chi connectivity index (χ1n) is 6.41. The van der Waals surface area contributed by atoms with Crippen LogP contribution in [0.3, 0.4) is 0 Å². The van der Waals surface area contributed by atoms with Gasteiger partial charge < -0.3 is 0 Å². The standard InChI is InChI=1S/C14H23NOS/c1-5-7-15(8-6-2)10-14(16)13-9-11(3)17-12(13)4/h9H,5-8,10H2,1-4H3. The van der Waals surface area contributed by atoms with Crippen molar-refractivity contribution in [2.75, 3.05) is 19.6 Å². The molecule has 1 aromatic heterocycles. The number of aryl methyl sites for hydroxylation is 2. The van der Waals surface area contributed by atoms with E-state index in [1.54, 1.807) is 11.3 Å². The van der Waals surface area contributed by atoms with E-state index in [-0.39, 0.29) is 5.78 Å². The smallest absolute Gasteiger partial charge is 0.177 e. The van der Waals surface area contributed by atoms with E-state index in [2.05, 4.69) is 25.7 Å². The number of hydrogen-bond acceptors (Lipinski definition) is 3. The minimum absolute atomic E-state index is 0.272. The topological polar surface area (TPSA) is 20.3 Å². The lowest BCUT2D eigenvalue weighted by Gasteiger charge is -2.19. The Labute approximate surface area is 109 Å². The molecule has 2 nitrogen and oxygen atoms in total. The lowest BCUT2D eigenvalue weighted by molar-refractivity contribution is 0.0930. The van der Waals surface area contributed by atoms with Crippen molar-refractivity contribution in [2.24, 2.45) is 0 Å². The van der Waals surface area contributed by atoms with Gasteiger partial charge in [-0.1, -0.05) is 13.8 Å². The molecule has 0 saturated carbocycles. The van der Waals surface area contributed by atoms with Crippen LogP contribution in [0, 0.1) is 13.8 Å². The zero-order chi connectivity index (χ0) is 12.8. The molecule has 0 spiro atoms. The second-order valence-electron chi connectivity index (χ2n) is 4.53. The number of carbonyl (C=O) groups excluding carboxylic acids is 1. The quantitative estimate of drug-likeness (QED) is 0.691. The summed E-state index contributed by atoms with van der Waals surface area (Å²) < 4.78 is 0. The maximum Gasteiger partial charge on any atom is 0.177 e. The fraction of sp³-hybridized carbons (Fsp3) is 0.643. The van der Waals surface area contributed by atoms with Gasteiger partial charge in [-0.3, -0.25) is 9.69 Å². The number of hydrogen-bond donors (Lipinski definition) is 0. The lowest BCUT2D eigenvalue weighted by atomic mass is 10.1. The molecule has 0 fully saturated rings. The Morgan fingerprint density at radius 2 is 1.82 bits per heavy atom. The summed E-state index contributed by atoms with van der Waals surface area (Å²) in [6.45, 7) is 11.0. The highest BCUT2D eigenvalue weighted by molar-refractivity contribution is 7.12. The van der Waals surface area contributed by atoms with Gasteiger partial charge in [-0.15, -0.1) is 11.3 Å². The average Bonchev–Trinajstić information content (AvgIpc) is 2.58. The number of carbonyl (C=O) groups is 1. The average molecular weight is 253 g/mol. The summed E-state index contributed by atoms with van der Waals surface area (Å²) in [5, 5.41) is 0. The van der Waals surface area contributed by atoms with Gasteiger partial charge in [0.2, 0.25) is 0 Å². The summed E-state index contributed by atoms with van der Waals surface area (Å²) in [4.78, 5) is 16.8. The van der Waals surface area contributed by atoms with Gasteiger partial charge >= 0.3 is 0 Å². The molecule has 0 aromatic carbocycles. The fourth-order valence-corrected chi connectivity index (χ4v) is 3.04. The van der Waals surface area contributed by atoms with E-state index in [0.717, 1.165) is 36.4 Å². The number of Topliss-reactive ketones (excluding diaryl/α,β-unsaturated/α-hetero) is 1. The highest BCUT2D eigenvalue weighted by atomic mass is 32.1. The van der Waals surface area contributed by atoms with Crippen LogP contribution in [0.4, 0.5) is 0 Å². The van der Waals surface area contributed by atoms with Crippen LogP contribution in [0.2, 0.25) is 0 Å². The SMILES string of the molecule is CCCN(CCC)CC(=O)c1cc(C)sc1C. The zero-order valence-corrected chi connectivity index (χ0v) is 12.2. The molecule has 0 aliphatic heterocycles. The van der Waals surface area contributed by atoms with E-state index in [1.165, 1.54) is 4.88 Å². The first kappa shape index (κ1) is 14.4. The Morgan fingerprint density at radius 3 is 2.24 bits per heavy atom. The van der Waals surface area contributed by atoms with Crippen molar-refractivity contribution < 1.29 is 4.79 Å². The second-order valence-corrected chi connectivity index (χ2v) is 5.99. The summed E-state index contributed by atoms with van der Waals surface area (Å²) in [6, 6.07) is 2.03. The van der Waals surface area contributed by atoms with Crippen molar-refractivity contribution in [1.82, 2.24) is 4.90 Å². The maximum absolute atomic E-state index is 12.2. The molecule has 0 N–H and O–H groups in total. The molecule has 1 heterocycles. The molecule has 0 saturated heterocycles. The third-order valence-electron chi connectivity index (χ3n) is 2.79. The number of thiophene rings is 1. The molecular formula is C14H23NOS. The normalized spacial score (nSPS) is 11.1. The molecule has 0 unspecified atom stereocenters. The van der Waals surface area contributed by atoms with Crippen LogP contribution in [0.25, 0.3) is 0 Å². The molecule has 17 heavy (non-hydrogen) atoms. The van der Waals surface area contributed by atoms with Gasteiger partial charge in [-0.2, -0.15) is 0 Å². The second kappa shape index (κ2) is 6.92. The van der Waals surface area contributed by atoms with Crippen LogP contribution in [-0.4, -0.2) is 30.3 Å². The third-order valence-corrected chi connectivity index (χ3v) is 3.75. The predicted molar refractivity (Wildman–Crippen MR) is 75.1 cm³/mol. The van der Waals surface area contributed by atoms with E-state index >= 15 is 0 Å². The minimum Gasteiger partial charge on any atom is -0.296 e. The van der Waals surface area contributed by atoms with Crippen molar-refractivity contribution in [2.45, 2.75) is 40.5 Å². The van der Waals surface area contributed by atoms with Crippen LogP contribution in [0.5, 0.6) is 0 Å². The molecular weight excluding hydrogens is 230 g/mol. The number of rotatable bonds is 7. The largest absolute Gasteiger partial charge is 0.296 e. The molecule has 1 aromatic rings. The first-order chi connectivity index (χ1) is 8.08. The van der Waals surface area contributed by atoms with Gasteiger partial charge in [0, 0.05) is 15.3 Å². The Kier molecular flexibility index (Phi) is 5.86. The van der Waals surface area contributed by atoms with Gasteiger partial charge in [0.05, 0.1) is 6.54 Å². The van der Waals surface area contributed by atoms with Crippen molar-refractivity contribution in [1.29, 1.82) is 0 Å². The Balaban J connectivity index is 2.66. The van der Waals surface area contributed by atoms with Crippen LogP contribution in [0.15, 0.2) is 6.07 Å². The lowest BCUT2D eigenvalue weighted by Crippen LogP contribution is -2.31. The molecule has 0 aliphatic carbocycles. The van der Waals surface area contributed by atoms with E-state index in [0.29, 0.717) is 6.54 Å². The summed E-state index contributed by atoms with van der Waals surface area (Å²) >= 11 is 1.71. The molecule has 0 aliphatic rings. The molecule has 1 rings (SSSR count). The Morgan fingerprint density at radius 1 is 1.24 bits per heavy atom. The van der Waals surface area contributed by atoms with E-state index in [4.69, 9.17) is 0 Å². The van der Waals surface area contributed by atoms with E-state index < -0.39 is 0 Å². The third kappa shape index (κ3) is 4.25. The molecule has 0 bridgehead atoms. The Bertz CT molecular complexity index is 364. The predicted octanol–water partition coefficient (Wildman–Crippen LogP) is 3.67. The van der Waals surface area contributed by atoms with Crippen molar-refractivity contribution >= 4 is 17.1 Å². The first-order valence-corrected chi connectivity index (χ1v) is 7.22. The van der Waals surface area contributed by atoms with Gasteiger partial charge in [-0.25, -0.2) is 0 Å². The van der Waals surface area contributed by atoms with Gasteiger partial charge in [0.1, 0.15) is 0 Å². The molecule has 96 valence electrons. The highest BCUT2D eigenvalue weighted by Crippen LogP contribution is 2.21. The Hall–Kier alpha value is -0.670. The molecule has 0 amide bonds. The highest BCUT2D eigenvalue weighted by Gasteiger charge is 2.15. The summed E-state index contributed by atoms with van der Waals surface area (Å²) in [6.07, 6.45) is 2.21. The van der Waals surface area contributed by atoms with Crippen molar-refractivity contribution in [3.05, 3.63) is 21.4 Å². The van der Waals surface area contributed by atoms with Crippen LogP contribution < -0.4 is 0 Å². The van der Waals surface area contributed by atoms with Crippen LogP contribution in [-0.2, 0) is 0 Å². The van der Waals surface area contributed by atoms with E-state index in [1.807, 2.05) is 13.0 Å². The van der Waals surface area contributed by atoms with Gasteiger partial charge in [0.25, 0.3) is 0 Å². The zero-order valence-electron chi connectivity index (χ0n) is 11.4. The monoisotopic (exact) mass is 253 g/mol. The van der Waals surface area contributed by atoms with Crippen LogP contribution >= 0.6 is 11.3 Å². The number of ketones is 1. The molecule has 3 heteroatoms. The van der Waals surface area contributed by atoms with Crippen LogP contribution in [0.1, 0.15) is 46.8 Å². The maximum atomic E-state index is 12.2. The van der Waals surface area contributed by atoms with Crippen molar-refractivity contribution in [3.63, 3.8) is 0 Å². The summed E-state index contributed by atoms with van der Waals surface area (Å²) in [7, 11) is 0. The summed E-state index contributed by atoms with van der Waals surface area (Å²) in [5.74, 6) is 0.272. The van der Waals surface area contributed by atoms with E-state index in [9.17, 15) is 4.79 Å². The van der Waals surface area contributed by atoms with Gasteiger partial charge in [0.15, 0.2) is 5.78 Å². The van der Waals surface area contributed by atoms with Crippen molar-refractivity contribution in [3.8, 4) is 0 Å². The van der Waals surface area contributed by atoms with Gasteiger partial charge in [-0.05, 0) is 45.8 Å². The molecule has 0 radical (unpaired) electrons.